The molecule has 0 saturated carbocycles. The molecule has 0 saturated heterocycles. The van der Waals surface area contributed by atoms with Crippen LogP contribution in [-0.4, -0.2) is 30.9 Å². The average Bonchev–Trinajstić information content (AvgIpc) is 2.17. The molecule has 16 heavy (non-hydrogen) atoms. The predicted octanol–water partition coefficient (Wildman–Crippen LogP) is 1.51. The maximum Gasteiger partial charge on any atom is 0.305 e. The van der Waals surface area contributed by atoms with Crippen molar-refractivity contribution in [2.45, 2.75) is 25.3 Å². The van der Waals surface area contributed by atoms with E-state index in [0.717, 1.165) is 0 Å². The molecule has 6 heteroatoms. The predicted molar refractivity (Wildman–Crippen MR) is 69.8 cm³/mol. The highest BCUT2D eigenvalue weighted by Crippen LogP contribution is 2.14. The lowest BCUT2D eigenvalue weighted by Crippen LogP contribution is -2.42. The zero-order valence-electron chi connectivity index (χ0n) is 9.22. The second-order valence-corrected chi connectivity index (χ2v) is 3.39. The van der Waals surface area contributed by atoms with E-state index in [0.29, 0.717) is 26.0 Å². The normalized spacial score (nSPS) is 21.9. The maximum absolute atomic E-state index is 11.1. The number of aliphatic imine (C=N–C) groups is 1. The number of ether oxygens (including phenoxy) is 1. The summed E-state index contributed by atoms with van der Waals surface area (Å²) in [6, 6.07) is 0. The fourth-order valence-corrected chi connectivity index (χ4v) is 1.30. The first-order valence-corrected chi connectivity index (χ1v) is 4.78. The van der Waals surface area contributed by atoms with E-state index in [4.69, 9.17) is 10.5 Å². The fourth-order valence-electron chi connectivity index (χ4n) is 1.30. The van der Waals surface area contributed by atoms with Gasteiger partial charge in [-0.2, -0.15) is 0 Å². The molecular formula is C10H18Cl2N2O2. The van der Waals surface area contributed by atoms with Gasteiger partial charge in [-0.05, 0) is 19.4 Å². The molecule has 0 radical (unpaired) electrons. The number of carbonyl (C=O) groups excluding carboxylic acids is 1. The van der Waals surface area contributed by atoms with Gasteiger partial charge in [0.15, 0.2) is 0 Å². The van der Waals surface area contributed by atoms with E-state index in [1.165, 1.54) is 0 Å². The fraction of sp³-hybridized carbons (Fsp3) is 0.600. The first-order chi connectivity index (χ1) is 6.66. The number of carbonyl (C=O) groups is 1. The molecule has 1 unspecified atom stereocenters. The standard InChI is InChI=1S/C10H16N2O2.2ClH/c1-2-14-9(13)4-6-10(11)5-3-7-12-8-10;;/h3,5,7H,2,4,6,8,11H2,1H3;2*1H. The molecule has 1 aliphatic rings. The molecule has 1 aliphatic heterocycles. The van der Waals surface area contributed by atoms with Crippen LogP contribution >= 0.6 is 24.8 Å². The maximum atomic E-state index is 11.1. The van der Waals surface area contributed by atoms with Crippen LogP contribution in [0.1, 0.15) is 19.8 Å². The third-order valence-corrected chi connectivity index (χ3v) is 2.11. The molecule has 2 N–H and O–H groups in total. The summed E-state index contributed by atoms with van der Waals surface area (Å²) in [4.78, 5) is 15.2. The Morgan fingerprint density at radius 3 is 2.75 bits per heavy atom. The van der Waals surface area contributed by atoms with E-state index in [-0.39, 0.29) is 30.8 Å². The molecule has 0 aromatic rings. The van der Waals surface area contributed by atoms with Crippen molar-refractivity contribution >= 4 is 37.0 Å². The molecule has 1 atom stereocenters. The average molecular weight is 269 g/mol. The van der Waals surface area contributed by atoms with Crippen LogP contribution in [0.5, 0.6) is 0 Å². The van der Waals surface area contributed by atoms with Gasteiger partial charge in [0, 0.05) is 12.6 Å². The Hall–Kier alpha value is -0.580. The summed E-state index contributed by atoms with van der Waals surface area (Å²) >= 11 is 0. The lowest BCUT2D eigenvalue weighted by Gasteiger charge is -2.24. The van der Waals surface area contributed by atoms with Gasteiger partial charge in [0.1, 0.15) is 0 Å². The highest BCUT2D eigenvalue weighted by atomic mass is 35.5. The second kappa shape index (κ2) is 8.56. The number of nitrogens with two attached hydrogens (primary N) is 1. The van der Waals surface area contributed by atoms with E-state index < -0.39 is 5.54 Å². The van der Waals surface area contributed by atoms with Crippen LogP contribution in [0.4, 0.5) is 0 Å². The molecule has 0 spiro atoms. The third kappa shape index (κ3) is 6.10. The second-order valence-electron chi connectivity index (χ2n) is 3.39. The van der Waals surface area contributed by atoms with Crippen LogP contribution in [0.2, 0.25) is 0 Å². The van der Waals surface area contributed by atoms with E-state index in [2.05, 4.69) is 4.99 Å². The molecule has 0 aromatic heterocycles. The summed E-state index contributed by atoms with van der Waals surface area (Å²) in [5, 5.41) is 0. The molecule has 94 valence electrons. The number of rotatable bonds is 4. The Morgan fingerprint density at radius 2 is 2.25 bits per heavy atom. The minimum Gasteiger partial charge on any atom is -0.466 e. The van der Waals surface area contributed by atoms with Crippen LogP contribution < -0.4 is 5.73 Å². The van der Waals surface area contributed by atoms with Crippen molar-refractivity contribution in [3.05, 3.63) is 12.2 Å². The third-order valence-electron chi connectivity index (χ3n) is 2.11. The van der Waals surface area contributed by atoms with Crippen molar-refractivity contribution < 1.29 is 9.53 Å². The largest absolute Gasteiger partial charge is 0.466 e. The summed E-state index contributed by atoms with van der Waals surface area (Å²) < 4.78 is 4.82. The zero-order valence-corrected chi connectivity index (χ0v) is 10.9. The topological polar surface area (TPSA) is 64.7 Å². The van der Waals surface area contributed by atoms with Crippen LogP contribution in [0.3, 0.4) is 0 Å². The molecule has 0 aliphatic carbocycles. The van der Waals surface area contributed by atoms with Gasteiger partial charge in [0.25, 0.3) is 0 Å². The quantitative estimate of drug-likeness (QED) is 0.787. The lowest BCUT2D eigenvalue weighted by atomic mass is 9.93. The van der Waals surface area contributed by atoms with Crippen LogP contribution in [0.25, 0.3) is 0 Å². The zero-order chi connectivity index (χ0) is 10.4. The van der Waals surface area contributed by atoms with Gasteiger partial charge in [-0.3, -0.25) is 9.79 Å². The van der Waals surface area contributed by atoms with Gasteiger partial charge in [0.2, 0.25) is 0 Å². The Kier molecular flexibility index (Phi) is 9.52. The summed E-state index contributed by atoms with van der Waals surface area (Å²) in [6.45, 7) is 2.76. The van der Waals surface area contributed by atoms with Gasteiger partial charge in [-0.15, -0.1) is 24.8 Å². The molecule has 4 nitrogen and oxygen atoms in total. The molecular weight excluding hydrogens is 251 g/mol. The number of nitrogens with zero attached hydrogens (tertiary/aromatic N) is 1. The van der Waals surface area contributed by atoms with E-state index >= 15 is 0 Å². The van der Waals surface area contributed by atoms with Crippen LogP contribution in [0, 0.1) is 0 Å². The van der Waals surface area contributed by atoms with Crippen LogP contribution in [0.15, 0.2) is 17.1 Å². The van der Waals surface area contributed by atoms with E-state index in [1.54, 1.807) is 13.1 Å². The van der Waals surface area contributed by atoms with E-state index in [9.17, 15) is 4.79 Å². The van der Waals surface area contributed by atoms with Gasteiger partial charge < -0.3 is 10.5 Å². The molecule has 0 aromatic carbocycles. The van der Waals surface area contributed by atoms with Crippen molar-refractivity contribution in [2.24, 2.45) is 10.7 Å². The molecule has 1 heterocycles. The van der Waals surface area contributed by atoms with Crippen molar-refractivity contribution in [3.8, 4) is 0 Å². The van der Waals surface area contributed by atoms with Gasteiger partial charge in [0.05, 0.1) is 18.7 Å². The number of dihydropyridines is 1. The highest BCUT2D eigenvalue weighted by molar-refractivity contribution is 5.85. The van der Waals surface area contributed by atoms with Gasteiger partial charge >= 0.3 is 5.97 Å². The first-order valence-electron chi connectivity index (χ1n) is 4.78. The summed E-state index contributed by atoms with van der Waals surface area (Å²) in [7, 11) is 0. The Labute approximate surface area is 108 Å². The van der Waals surface area contributed by atoms with Gasteiger partial charge in [-0.25, -0.2) is 0 Å². The smallest absolute Gasteiger partial charge is 0.305 e. The highest BCUT2D eigenvalue weighted by Gasteiger charge is 2.23. The minimum atomic E-state index is -0.471. The van der Waals surface area contributed by atoms with Crippen LogP contribution in [-0.2, 0) is 9.53 Å². The Bertz CT molecular complexity index is 270. The van der Waals surface area contributed by atoms with Crippen molar-refractivity contribution in [2.75, 3.05) is 13.2 Å². The molecule has 1 rings (SSSR count). The van der Waals surface area contributed by atoms with E-state index in [1.807, 2.05) is 12.2 Å². The van der Waals surface area contributed by atoms with Crippen molar-refractivity contribution in [3.63, 3.8) is 0 Å². The minimum absolute atomic E-state index is 0. The number of hydrogen-bond acceptors (Lipinski definition) is 4. The number of hydrogen-bond donors (Lipinski definition) is 1. The van der Waals surface area contributed by atoms with Crippen molar-refractivity contribution in [1.29, 1.82) is 0 Å². The van der Waals surface area contributed by atoms with Crippen molar-refractivity contribution in [1.82, 2.24) is 0 Å². The first kappa shape index (κ1) is 17.8. The molecule has 0 fully saturated rings. The summed E-state index contributed by atoms with van der Waals surface area (Å²) in [5.41, 5.74) is 5.52. The number of halogens is 2. The monoisotopic (exact) mass is 268 g/mol. The SMILES string of the molecule is CCOC(=O)CCC1(N)C=CC=NC1.Cl.Cl. The number of allylic oxidation sites excluding steroid dienone is 1. The molecule has 0 amide bonds. The van der Waals surface area contributed by atoms with Gasteiger partial charge in [-0.1, -0.05) is 6.08 Å². The molecule has 0 bridgehead atoms. The summed E-state index contributed by atoms with van der Waals surface area (Å²) in [6.07, 6.45) is 6.35. The Morgan fingerprint density at radius 1 is 1.56 bits per heavy atom. The lowest BCUT2D eigenvalue weighted by molar-refractivity contribution is -0.143. The Balaban J connectivity index is 0. The number of esters is 1. The summed E-state index contributed by atoms with van der Waals surface area (Å²) in [5.74, 6) is -0.194.